The van der Waals surface area contributed by atoms with E-state index in [1.807, 2.05) is 49.2 Å². The number of piperidine rings is 1. The van der Waals surface area contributed by atoms with Crippen molar-refractivity contribution in [3.8, 4) is 5.69 Å². The molecule has 0 bridgehead atoms. The standard InChI is InChI=1S/C18H24N4O/c1-13-7-3-4-8-16(13)22-12-15(11-20-22)18(23)21-10-6-5-9-17(21)14(2)19/h3-4,7-8,11-12,14,17H,5-6,9-10,19H2,1-2H3/t14-,17+/m0/s1. The van der Waals surface area contributed by atoms with Crippen LogP contribution in [0.15, 0.2) is 36.7 Å². The van der Waals surface area contributed by atoms with Gasteiger partial charge in [-0.05, 0) is 44.7 Å². The van der Waals surface area contributed by atoms with Crippen molar-refractivity contribution in [2.75, 3.05) is 6.54 Å². The Kier molecular flexibility index (Phi) is 4.48. The number of nitrogens with zero attached hydrogens (tertiary/aromatic N) is 3. The molecule has 5 nitrogen and oxygen atoms in total. The summed E-state index contributed by atoms with van der Waals surface area (Å²) in [6.45, 7) is 4.79. The normalized spacial score (nSPS) is 19.6. The van der Waals surface area contributed by atoms with E-state index in [-0.39, 0.29) is 18.0 Å². The van der Waals surface area contributed by atoms with Crippen molar-refractivity contribution in [1.82, 2.24) is 14.7 Å². The van der Waals surface area contributed by atoms with E-state index in [9.17, 15) is 4.79 Å². The number of amides is 1. The van der Waals surface area contributed by atoms with Crippen LogP contribution in [0.3, 0.4) is 0 Å². The Morgan fingerprint density at radius 2 is 2.13 bits per heavy atom. The smallest absolute Gasteiger partial charge is 0.257 e. The zero-order valence-electron chi connectivity index (χ0n) is 13.8. The van der Waals surface area contributed by atoms with Gasteiger partial charge in [-0.1, -0.05) is 18.2 Å². The Hall–Kier alpha value is -2.14. The molecule has 2 N–H and O–H groups in total. The molecule has 2 aromatic rings. The molecular formula is C18H24N4O. The van der Waals surface area contributed by atoms with Crippen molar-refractivity contribution in [3.05, 3.63) is 47.8 Å². The predicted octanol–water partition coefficient (Wildman–Crippen LogP) is 2.52. The summed E-state index contributed by atoms with van der Waals surface area (Å²) in [6.07, 6.45) is 6.63. The van der Waals surface area contributed by atoms with Crippen LogP contribution in [0, 0.1) is 6.92 Å². The van der Waals surface area contributed by atoms with Crippen molar-refractivity contribution < 1.29 is 4.79 Å². The molecular weight excluding hydrogens is 288 g/mol. The molecule has 0 radical (unpaired) electrons. The highest BCUT2D eigenvalue weighted by Crippen LogP contribution is 2.22. The molecule has 1 aromatic carbocycles. The van der Waals surface area contributed by atoms with E-state index in [2.05, 4.69) is 5.10 Å². The quantitative estimate of drug-likeness (QED) is 0.947. The summed E-state index contributed by atoms with van der Waals surface area (Å²) >= 11 is 0. The average molecular weight is 312 g/mol. The van der Waals surface area contributed by atoms with E-state index in [4.69, 9.17) is 5.73 Å². The van der Waals surface area contributed by atoms with E-state index in [0.717, 1.165) is 37.1 Å². The van der Waals surface area contributed by atoms with Crippen LogP contribution in [-0.2, 0) is 0 Å². The topological polar surface area (TPSA) is 64.2 Å². The Morgan fingerprint density at radius 3 is 2.87 bits per heavy atom. The number of likely N-dealkylation sites (tertiary alicyclic amines) is 1. The van der Waals surface area contributed by atoms with Gasteiger partial charge in [-0.3, -0.25) is 4.79 Å². The number of para-hydroxylation sites is 1. The molecule has 23 heavy (non-hydrogen) atoms. The van der Waals surface area contributed by atoms with Crippen LogP contribution in [0.5, 0.6) is 0 Å². The van der Waals surface area contributed by atoms with Crippen LogP contribution >= 0.6 is 0 Å². The minimum atomic E-state index is -0.00865. The third-order valence-corrected chi connectivity index (χ3v) is 4.61. The van der Waals surface area contributed by atoms with Crippen LogP contribution in [0.2, 0.25) is 0 Å². The van der Waals surface area contributed by atoms with Gasteiger partial charge in [0.15, 0.2) is 0 Å². The van der Waals surface area contributed by atoms with Crippen LogP contribution in [0.25, 0.3) is 5.69 Å². The Balaban J connectivity index is 1.85. The Bertz CT molecular complexity index is 692. The zero-order chi connectivity index (χ0) is 16.4. The lowest BCUT2D eigenvalue weighted by molar-refractivity contribution is 0.0584. The highest BCUT2D eigenvalue weighted by atomic mass is 16.2. The molecule has 0 unspecified atom stereocenters. The lowest BCUT2D eigenvalue weighted by Gasteiger charge is -2.37. The fourth-order valence-corrected chi connectivity index (χ4v) is 3.31. The molecule has 0 spiro atoms. The molecule has 1 saturated heterocycles. The van der Waals surface area contributed by atoms with Crippen molar-refractivity contribution in [1.29, 1.82) is 0 Å². The first-order valence-electron chi connectivity index (χ1n) is 8.25. The number of carbonyl (C=O) groups is 1. The van der Waals surface area contributed by atoms with Gasteiger partial charge in [-0.25, -0.2) is 4.68 Å². The van der Waals surface area contributed by atoms with E-state index in [1.54, 1.807) is 10.9 Å². The number of benzene rings is 1. The van der Waals surface area contributed by atoms with Gasteiger partial charge in [0, 0.05) is 24.8 Å². The van der Waals surface area contributed by atoms with E-state index in [0.29, 0.717) is 5.56 Å². The second-order valence-electron chi connectivity index (χ2n) is 6.38. The van der Waals surface area contributed by atoms with Gasteiger partial charge < -0.3 is 10.6 Å². The van der Waals surface area contributed by atoms with E-state index < -0.39 is 0 Å². The summed E-state index contributed by atoms with van der Waals surface area (Å²) in [6, 6.07) is 8.12. The molecule has 1 aromatic heterocycles. The monoisotopic (exact) mass is 312 g/mol. The number of hydrogen-bond donors (Lipinski definition) is 1. The third kappa shape index (κ3) is 3.15. The summed E-state index contributed by atoms with van der Waals surface area (Å²) in [7, 11) is 0. The van der Waals surface area contributed by atoms with Crippen molar-refractivity contribution >= 4 is 5.91 Å². The largest absolute Gasteiger partial charge is 0.334 e. The molecule has 2 atom stereocenters. The first-order valence-corrected chi connectivity index (χ1v) is 8.25. The molecule has 2 heterocycles. The van der Waals surface area contributed by atoms with Crippen LogP contribution in [0.1, 0.15) is 42.1 Å². The Morgan fingerprint density at radius 1 is 1.35 bits per heavy atom. The molecule has 0 aliphatic carbocycles. The van der Waals surface area contributed by atoms with Crippen LogP contribution < -0.4 is 5.73 Å². The second-order valence-corrected chi connectivity index (χ2v) is 6.38. The SMILES string of the molecule is Cc1ccccc1-n1cc(C(=O)N2CCCC[C@@H]2[C@H](C)N)cn1. The number of aromatic nitrogens is 2. The van der Waals surface area contributed by atoms with Gasteiger partial charge in [-0.15, -0.1) is 0 Å². The zero-order valence-corrected chi connectivity index (χ0v) is 13.8. The Labute approximate surface area is 137 Å². The van der Waals surface area contributed by atoms with Crippen molar-refractivity contribution in [2.24, 2.45) is 5.73 Å². The summed E-state index contributed by atoms with van der Waals surface area (Å²) in [5.41, 5.74) is 8.82. The highest BCUT2D eigenvalue weighted by molar-refractivity contribution is 5.94. The maximum Gasteiger partial charge on any atom is 0.257 e. The van der Waals surface area contributed by atoms with Gasteiger partial charge in [0.1, 0.15) is 0 Å². The summed E-state index contributed by atoms with van der Waals surface area (Å²) in [5.74, 6) is 0.0341. The first kappa shape index (κ1) is 15.7. The molecule has 1 aliphatic rings. The number of carbonyl (C=O) groups excluding carboxylic acids is 1. The van der Waals surface area contributed by atoms with Gasteiger partial charge >= 0.3 is 0 Å². The number of aryl methyl sites for hydroxylation is 1. The summed E-state index contributed by atoms with van der Waals surface area (Å²) < 4.78 is 1.77. The molecule has 1 fully saturated rings. The highest BCUT2D eigenvalue weighted by Gasteiger charge is 2.30. The fraction of sp³-hybridized carbons (Fsp3) is 0.444. The summed E-state index contributed by atoms with van der Waals surface area (Å²) in [4.78, 5) is 14.8. The maximum absolute atomic E-state index is 12.9. The number of rotatable bonds is 3. The van der Waals surface area contributed by atoms with Gasteiger partial charge in [0.2, 0.25) is 0 Å². The average Bonchev–Trinajstić information content (AvgIpc) is 3.04. The van der Waals surface area contributed by atoms with Crippen LogP contribution in [0.4, 0.5) is 0 Å². The molecule has 1 aliphatic heterocycles. The maximum atomic E-state index is 12.9. The fourth-order valence-electron chi connectivity index (χ4n) is 3.31. The van der Waals surface area contributed by atoms with Crippen LogP contribution in [-0.4, -0.2) is 39.2 Å². The molecule has 122 valence electrons. The summed E-state index contributed by atoms with van der Waals surface area (Å²) in [5, 5.41) is 4.37. The van der Waals surface area contributed by atoms with E-state index in [1.165, 1.54) is 0 Å². The first-order chi connectivity index (χ1) is 11.1. The van der Waals surface area contributed by atoms with Gasteiger partial charge in [-0.2, -0.15) is 5.10 Å². The minimum Gasteiger partial charge on any atom is -0.334 e. The predicted molar refractivity (Wildman–Crippen MR) is 90.6 cm³/mol. The number of hydrogen-bond acceptors (Lipinski definition) is 3. The van der Waals surface area contributed by atoms with Crippen molar-refractivity contribution in [2.45, 2.75) is 45.2 Å². The van der Waals surface area contributed by atoms with Gasteiger partial charge in [0.05, 0.1) is 17.4 Å². The lowest BCUT2D eigenvalue weighted by Crippen LogP contribution is -2.51. The molecule has 3 rings (SSSR count). The minimum absolute atomic E-state index is 0.00865. The van der Waals surface area contributed by atoms with Crippen molar-refractivity contribution in [3.63, 3.8) is 0 Å². The molecule has 5 heteroatoms. The van der Waals surface area contributed by atoms with E-state index >= 15 is 0 Å². The lowest BCUT2D eigenvalue weighted by atomic mass is 9.96. The van der Waals surface area contributed by atoms with Gasteiger partial charge in [0.25, 0.3) is 5.91 Å². The second kappa shape index (κ2) is 6.54. The molecule has 1 amide bonds. The molecule has 0 saturated carbocycles. The number of nitrogens with two attached hydrogens (primary N) is 1. The third-order valence-electron chi connectivity index (χ3n) is 4.61.